The summed E-state index contributed by atoms with van der Waals surface area (Å²) in [5.74, 6) is -2.36. The van der Waals surface area contributed by atoms with E-state index in [1.807, 2.05) is 18.2 Å². The molecule has 0 aliphatic heterocycles. The Morgan fingerprint density at radius 1 is 0.778 bits per heavy atom. The van der Waals surface area contributed by atoms with Crippen molar-refractivity contribution in [3.63, 3.8) is 0 Å². The molecule has 0 saturated heterocycles. The molecule has 0 unspecified atom stereocenters. The molecule has 36 heavy (non-hydrogen) atoms. The van der Waals surface area contributed by atoms with Crippen molar-refractivity contribution in [2.75, 3.05) is 13.7 Å². The number of alkyl halides is 3. The first-order valence-electron chi connectivity index (χ1n) is 12.4. The first kappa shape index (κ1) is 26.5. The Hall–Kier alpha value is -2.54. The molecule has 1 fully saturated rings. The number of halogens is 6. The number of fused-ring (bicyclic) bond motifs is 1. The molecule has 1 aliphatic carbocycles. The number of benzene rings is 3. The van der Waals surface area contributed by atoms with Gasteiger partial charge < -0.3 is 4.74 Å². The quantitative estimate of drug-likeness (QED) is 0.278. The fourth-order valence-corrected chi connectivity index (χ4v) is 5.35. The molecule has 4 rings (SSSR count). The van der Waals surface area contributed by atoms with Crippen LogP contribution in [0.25, 0.3) is 10.8 Å². The maximum absolute atomic E-state index is 15.2. The van der Waals surface area contributed by atoms with Gasteiger partial charge >= 0.3 is 6.18 Å². The molecule has 0 bridgehead atoms. The van der Waals surface area contributed by atoms with Gasteiger partial charge in [-0.3, -0.25) is 0 Å². The normalized spacial score (nSPS) is 18.6. The number of hydrogen-bond donors (Lipinski definition) is 0. The molecule has 0 spiro atoms. The molecule has 194 valence electrons. The van der Waals surface area contributed by atoms with E-state index in [-0.39, 0.29) is 18.4 Å². The maximum Gasteiger partial charge on any atom is 0.422 e. The third-order valence-electron chi connectivity index (χ3n) is 7.38. The standard InChI is InChI=1S/C29H30F6O/c1-36-17-20-6-3-18(4-7-20)2-5-19-9-13-24-23(14-19)12-11-22(28(24)32)10-8-21-15-25(30)27(26(31)16-21)29(33,34)35/h9,11-16,18,20H,2-8,10,17H2,1H3. The van der Waals surface area contributed by atoms with Crippen LogP contribution in [-0.4, -0.2) is 13.7 Å². The van der Waals surface area contributed by atoms with Gasteiger partial charge in [0.15, 0.2) is 0 Å². The molecule has 0 amide bonds. The lowest BCUT2D eigenvalue weighted by Crippen LogP contribution is -2.18. The van der Waals surface area contributed by atoms with Gasteiger partial charge in [0.05, 0.1) is 0 Å². The van der Waals surface area contributed by atoms with Gasteiger partial charge in [-0.25, -0.2) is 13.2 Å². The Morgan fingerprint density at radius 3 is 2.08 bits per heavy atom. The highest BCUT2D eigenvalue weighted by molar-refractivity contribution is 5.84. The number of ether oxygens (including phenoxy) is 1. The molecule has 0 radical (unpaired) electrons. The lowest BCUT2D eigenvalue weighted by molar-refractivity contribution is -0.142. The van der Waals surface area contributed by atoms with Crippen molar-refractivity contribution in [3.8, 4) is 0 Å². The van der Waals surface area contributed by atoms with Crippen LogP contribution in [0.2, 0.25) is 0 Å². The van der Waals surface area contributed by atoms with Gasteiger partial charge in [-0.15, -0.1) is 0 Å². The van der Waals surface area contributed by atoms with E-state index in [1.54, 1.807) is 19.2 Å². The highest BCUT2D eigenvalue weighted by Gasteiger charge is 2.37. The van der Waals surface area contributed by atoms with Crippen LogP contribution in [-0.2, 0) is 30.2 Å². The summed E-state index contributed by atoms with van der Waals surface area (Å²) in [6.45, 7) is 0.836. The highest BCUT2D eigenvalue weighted by atomic mass is 19.4. The van der Waals surface area contributed by atoms with E-state index in [4.69, 9.17) is 4.74 Å². The third-order valence-corrected chi connectivity index (χ3v) is 7.38. The summed E-state index contributed by atoms with van der Waals surface area (Å²) in [4.78, 5) is 0. The fourth-order valence-electron chi connectivity index (χ4n) is 5.35. The summed E-state index contributed by atoms with van der Waals surface area (Å²) in [5, 5.41) is 1.24. The van der Waals surface area contributed by atoms with Crippen molar-refractivity contribution >= 4 is 10.8 Å². The molecule has 1 aliphatic rings. The van der Waals surface area contributed by atoms with Gasteiger partial charge in [0.1, 0.15) is 23.0 Å². The topological polar surface area (TPSA) is 9.23 Å². The van der Waals surface area contributed by atoms with Crippen molar-refractivity contribution in [2.24, 2.45) is 11.8 Å². The van der Waals surface area contributed by atoms with Gasteiger partial charge in [0.25, 0.3) is 0 Å². The average molecular weight is 509 g/mol. The van der Waals surface area contributed by atoms with Crippen LogP contribution in [0.15, 0.2) is 42.5 Å². The molecule has 0 atom stereocenters. The molecular weight excluding hydrogens is 478 g/mol. The number of aryl methyl sites for hydroxylation is 3. The summed E-state index contributed by atoms with van der Waals surface area (Å²) >= 11 is 0. The van der Waals surface area contributed by atoms with Gasteiger partial charge in [0, 0.05) is 19.1 Å². The number of hydrogen-bond acceptors (Lipinski definition) is 1. The lowest BCUT2D eigenvalue weighted by Gasteiger charge is -2.28. The number of methoxy groups -OCH3 is 1. The van der Waals surface area contributed by atoms with E-state index >= 15 is 4.39 Å². The van der Waals surface area contributed by atoms with E-state index in [9.17, 15) is 22.0 Å². The van der Waals surface area contributed by atoms with Crippen molar-refractivity contribution in [2.45, 2.75) is 57.5 Å². The minimum Gasteiger partial charge on any atom is -0.384 e. The van der Waals surface area contributed by atoms with E-state index in [1.165, 1.54) is 25.7 Å². The minimum absolute atomic E-state index is 0.0130. The highest BCUT2D eigenvalue weighted by Crippen LogP contribution is 2.35. The minimum atomic E-state index is -5.11. The van der Waals surface area contributed by atoms with Gasteiger partial charge in [0.2, 0.25) is 0 Å². The fraction of sp³-hybridized carbons (Fsp3) is 0.448. The summed E-state index contributed by atoms with van der Waals surface area (Å²) in [5.41, 5.74) is -0.352. The second-order valence-electron chi connectivity index (χ2n) is 9.91. The Kier molecular flexibility index (Phi) is 8.28. The van der Waals surface area contributed by atoms with E-state index < -0.39 is 29.2 Å². The van der Waals surface area contributed by atoms with Crippen LogP contribution in [0.5, 0.6) is 0 Å². The zero-order valence-corrected chi connectivity index (χ0v) is 20.2. The Balaban J connectivity index is 1.39. The molecule has 0 N–H and O–H groups in total. The van der Waals surface area contributed by atoms with Crippen molar-refractivity contribution in [1.29, 1.82) is 0 Å². The molecule has 3 aromatic carbocycles. The van der Waals surface area contributed by atoms with Crippen LogP contribution < -0.4 is 0 Å². The monoisotopic (exact) mass is 508 g/mol. The molecule has 0 heterocycles. The summed E-state index contributed by atoms with van der Waals surface area (Å²) in [7, 11) is 1.75. The molecule has 0 aromatic heterocycles. The van der Waals surface area contributed by atoms with E-state index in [0.29, 0.717) is 34.9 Å². The zero-order valence-electron chi connectivity index (χ0n) is 20.2. The lowest BCUT2D eigenvalue weighted by atomic mass is 9.80. The predicted molar refractivity (Wildman–Crippen MR) is 128 cm³/mol. The van der Waals surface area contributed by atoms with Gasteiger partial charge in [-0.2, -0.15) is 13.2 Å². The van der Waals surface area contributed by atoms with E-state index in [0.717, 1.165) is 30.4 Å². The van der Waals surface area contributed by atoms with E-state index in [2.05, 4.69) is 0 Å². The van der Waals surface area contributed by atoms with Crippen molar-refractivity contribution in [3.05, 3.63) is 82.2 Å². The largest absolute Gasteiger partial charge is 0.422 e. The molecular formula is C29H30F6O. The Morgan fingerprint density at radius 2 is 1.44 bits per heavy atom. The summed E-state index contributed by atoms with van der Waals surface area (Å²) < 4.78 is 86.4. The van der Waals surface area contributed by atoms with Crippen LogP contribution in [0.4, 0.5) is 26.3 Å². The second kappa shape index (κ2) is 11.2. The predicted octanol–water partition coefficient (Wildman–Crippen LogP) is 8.45. The molecule has 7 heteroatoms. The molecule has 3 aromatic rings. The molecule has 1 saturated carbocycles. The SMILES string of the molecule is COCC1CCC(CCc2ccc3c(F)c(CCc4cc(F)c(C(F)(F)F)c(F)c4)ccc3c2)CC1. The first-order valence-corrected chi connectivity index (χ1v) is 12.4. The van der Waals surface area contributed by atoms with Crippen molar-refractivity contribution in [1.82, 2.24) is 0 Å². The van der Waals surface area contributed by atoms with Gasteiger partial charge in [-0.1, -0.05) is 43.2 Å². The first-order chi connectivity index (χ1) is 17.2. The Bertz CT molecular complexity index is 1170. The summed E-state index contributed by atoms with van der Waals surface area (Å²) in [6.07, 6.45) is 1.89. The smallest absolute Gasteiger partial charge is 0.384 e. The van der Waals surface area contributed by atoms with Crippen LogP contribution in [0, 0.1) is 29.3 Å². The number of rotatable bonds is 8. The van der Waals surface area contributed by atoms with Crippen LogP contribution >= 0.6 is 0 Å². The van der Waals surface area contributed by atoms with Crippen LogP contribution in [0.1, 0.15) is 54.4 Å². The third kappa shape index (κ3) is 6.23. The summed E-state index contributed by atoms with van der Waals surface area (Å²) in [6, 6.07) is 10.5. The van der Waals surface area contributed by atoms with Gasteiger partial charge in [-0.05, 0) is 84.6 Å². The second-order valence-corrected chi connectivity index (χ2v) is 9.91. The molecule has 1 nitrogen and oxygen atoms in total. The van der Waals surface area contributed by atoms with Crippen LogP contribution in [0.3, 0.4) is 0 Å². The van der Waals surface area contributed by atoms with Crippen molar-refractivity contribution < 1.29 is 31.1 Å². The zero-order chi connectivity index (χ0) is 25.9. The Labute approximate surface area is 207 Å². The maximum atomic E-state index is 15.2. The average Bonchev–Trinajstić information content (AvgIpc) is 2.82.